The van der Waals surface area contributed by atoms with Gasteiger partial charge < -0.3 is 5.32 Å². The molecule has 1 fully saturated rings. The van der Waals surface area contributed by atoms with E-state index >= 15 is 0 Å². The molecular formula is C11H11ClFNO3S. The number of halogens is 2. The van der Waals surface area contributed by atoms with E-state index in [1.54, 1.807) is 0 Å². The molecule has 1 aliphatic carbocycles. The van der Waals surface area contributed by atoms with Crippen LogP contribution in [0.3, 0.4) is 0 Å². The SMILES string of the molecule is O=C(CC1CC1)Nc1ccc(S(=O)(=O)Cl)c(F)c1. The van der Waals surface area contributed by atoms with Crippen LogP contribution in [0.1, 0.15) is 19.3 Å². The van der Waals surface area contributed by atoms with Crippen molar-refractivity contribution in [2.24, 2.45) is 5.92 Å². The maximum atomic E-state index is 13.5. The van der Waals surface area contributed by atoms with Crippen molar-refractivity contribution in [2.75, 3.05) is 5.32 Å². The smallest absolute Gasteiger partial charge is 0.264 e. The molecule has 98 valence electrons. The second kappa shape index (κ2) is 4.85. The second-order valence-electron chi connectivity index (χ2n) is 4.28. The summed E-state index contributed by atoms with van der Waals surface area (Å²) in [6, 6.07) is 3.29. The van der Waals surface area contributed by atoms with Crippen molar-refractivity contribution >= 4 is 31.3 Å². The monoisotopic (exact) mass is 291 g/mol. The molecule has 0 aliphatic heterocycles. The van der Waals surface area contributed by atoms with Gasteiger partial charge in [-0.05, 0) is 37.0 Å². The van der Waals surface area contributed by atoms with Gasteiger partial charge in [0.25, 0.3) is 9.05 Å². The minimum absolute atomic E-state index is 0.196. The zero-order valence-electron chi connectivity index (χ0n) is 9.32. The molecule has 0 unspecified atom stereocenters. The third-order valence-corrected chi connectivity index (χ3v) is 4.00. The highest BCUT2D eigenvalue weighted by Gasteiger charge is 2.24. The molecule has 0 saturated heterocycles. The summed E-state index contributed by atoms with van der Waals surface area (Å²) in [6.07, 6.45) is 2.51. The number of rotatable bonds is 4. The molecule has 0 bridgehead atoms. The van der Waals surface area contributed by atoms with Crippen LogP contribution in [0.5, 0.6) is 0 Å². The predicted octanol–water partition coefficient (Wildman–Crippen LogP) is 2.49. The number of benzene rings is 1. The first-order valence-corrected chi connectivity index (χ1v) is 7.71. The number of hydrogen-bond donors (Lipinski definition) is 1. The Hall–Kier alpha value is -1.14. The fraction of sp³-hybridized carbons (Fsp3) is 0.364. The maximum absolute atomic E-state index is 13.5. The van der Waals surface area contributed by atoms with E-state index in [1.165, 1.54) is 6.07 Å². The lowest BCUT2D eigenvalue weighted by atomic mass is 10.2. The Morgan fingerprint density at radius 2 is 2.11 bits per heavy atom. The van der Waals surface area contributed by atoms with Gasteiger partial charge in [0.1, 0.15) is 10.7 Å². The molecule has 2 rings (SSSR count). The van der Waals surface area contributed by atoms with Gasteiger partial charge in [0, 0.05) is 22.8 Å². The fourth-order valence-electron chi connectivity index (χ4n) is 1.57. The largest absolute Gasteiger partial charge is 0.326 e. The zero-order valence-corrected chi connectivity index (χ0v) is 10.9. The molecule has 1 aliphatic rings. The summed E-state index contributed by atoms with van der Waals surface area (Å²) < 4.78 is 35.4. The van der Waals surface area contributed by atoms with Gasteiger partial charge in [0.15, 0.2) is 0 Å². The molecule has 4 nitrogen and oxygen atoms in total. The number of nitrogens with one attached hydrogen (secondary N) is 1. The van der Waals surface area contributed by atoms with E-state index in [4.69, 9.17) is 10.7 Å². The van der Waals surface area contributed by atoms with E-state index in [9.17, 15) is 17.6 Å². The highest BCUT2D eigenvalue weighted by atomic mass is 35.7. The van der Waals surface area contributed by atoms with E-state index in [-0.39, 0.29) is 11.6 Å². The molecule has 0 spiro atoms. The van der Waals surface area contributed by atoms with Crippen molar-refractivity contribution in [3.8, 4) is 0 Å². The summed E-state index contributed by atoms with van der Waals surface area (Å²) in [5, 5.41) is 2.52. The first-order chi connectivity index (χ1) is 8.36. The van der Waals surface area contributed by atoms with Crippen LogP contribution < -0.4 is 5.32 Å². The van der Waals surface area contributed by atoms with Crippen LogP contribution in [-0.4, -0.2) is 14.3 Å². The molecule has 1 saturated carbocycles. The molecular weight excluding hydrogens is 281 g/mol. The Bertz CT molecular complexity index is 584. The molecule has 7 heteroatoms. The van der Waals surface area contributed by atoms with Gasteiger partial charge in [0.2, 0.25) is 5.91 Å². The molecule has 1 aromatic carbocycles. The van der Waals surface area contributed by atoms with Gasteiger partial charge in [-0.25, -0.2) is 12.8 Å². The van der Waals surface area contributed by atoms with Gasteiger partial charge in [-0.15, -0.1) is 0 Å². The molecule has 0 radical (unpaired) electrons. The summed E-state index contributed by atoms with van der Waals surface area (Å²) in [7, 11) is 0.941. The average Bonchev–Trinajstić information content (AvgIpc) is 2.99. The molecule has 1 amide bonds. The van der Waals surface area contributed by atoms with Crippen LogP contribution in [0.4, 0.5) is 10.1 Å². The minimum Gasteiger partial charge on any atom is -0.326 e. The number of carbonyl (C=O) groups is 1. The Balaban J connectivity index is 2.10. The normalized spacial score (nSPS) is 15.4. The lowest BCUT2D eigenvalue weighted by Crippen LogP contribution is -2.12. The maximum Gasteiger partial charge on any atom is 0.264 e. The third kappa shape index (κ3) is 3.43. The van der Waals surface area contributed by atoms with Gasteiger partial charge in [-0.3, -0.25) is 4.79 Å². The Morgan fingerprint density at radius 3 is 2.61 bits per heavy atom. The van der Waals surface area contributed by atoms with E-state index in [1.807, 2.05) is 0 Å². The first kappa shape index (κ1) is 13.3. The number of amides is 1. The van der Waals surface area contributed by atoms with Crippen molar-refractivity contribution in [3.63, 3.8) is 0 Å². The standard InChI is InChI=1S/C11H11ClFNO3S/c12-18(16,17)10-4-3-8(6-9(10)13)14-11(15)5-7-1-2-7/h3-4,6-7H,1-2,5H2,(H,14,15). The minimum atomic E-state index is -4.10. The highest BCUT2D eigenvalue weighted by Crippen LogP contribution is 2.32. The summed E-state index contributed by atoms with van der Waals surface area (Å²) in [5.41, 5.74) is 0.224. The summed E-state index contributed by atoms with van der Waals surface area (Å²) in [4.78, 5) is 10.9. The van der Waals surface area contributed by atoms with E-state index in [2.05, 4.69) is 5.32 Å². The molecule has 0 atom stereocenters. The van der Waals surface area contributed by atoms with Crippen LogP contribution in [0.2, 0.25) is 0 Å². The van der Waals surface area contributed by atoms with Crippen molar-refractivity contribution in [2.45, 2.75) is 24.2 Å². The number of carbonyl (C=O) groups excluding carboxylic acids is 1. The van der Waals surface area contributed by atoms with Gasteiger partial charge in [-0.2, -0.15) is 0 Å². The molecule has 1 aromatic rings. The molecule has 0 aromatic heterocycles. The van der Waals surface area contributed by atoms with E-state index in [0.29, 0.717) is 12.3 Å². The van der Waals surface area contributed by atoms with Gasteiger partial charge in [0.05, 0.1) is 0 Å². The molecule has 0 heterocycles. The Kier molecular flexibility index (Phi) is 3.59. The zero-order chi connectivity index (χ0) is 13.3. The number of anilines is 1. The van der Waals surface area contributed by atoms with Gasteiger partial charge >= 0.3 is 0 Å². The second-order valence-corrected chi connectivity index (χ2v) is 6.81. The Morgan fingerprint density at radius 1 is 1.44 bits per heavy atom. The third-order valence-electron chi connectivity index (χ3n) is 2.65. The quantitative estimate of drug-likeness (QED) is 0.867. The van der Waals surface area contributed by atoms with Crippen LogP contribution >= 0.6 is 10.7 Å². The molecule has 18 heavy (non-hydrogen) atoms. The lowest BCUT2D eigenvalue weighted by Gasteiger charge is -2.06. The average molecular weight is 292 g/mol. The summed E-state index contributed by atoms with van der Waals surface area (Å²) in [6.45, 7) is 0. The van der Waals surface area contributed by atoms with Crippen LogP contribution in [0.25, 0.3) is 0 Å². The summed E-state index contributed by atoms with van der Waals surface area (Å²) >= 11 is 0. The Labute approximate surface area is 109 Å². The number of hydrogen-bond acceptors (Lipinski definition) is 3. The fourth-order valence-corrected chi connectivity index (χ4v) is 2.47. The predicted molar refractivity (Wildman–Crippen MR) is 65.4 cm³/mol. The summed E-state index contributed by atoms with van der Waals surface area (Å²) in [5.74, 6) is -0.745. The van der Waals surface area contributed by atoms with Gasteiger partial charge in [-0.1, -0.05) is 0 Å². The first-order valence-electron chi connectivity index (χ1n) is 5.40. The van der Waals surface area contributed by atoms with Crippen molar-refractivity contribution in [1.82, 2.24) is 0 Å². The van der Waals surface area contributed by atoms with E-state index < -0.39 is 19.8 Å². The topological polar surface area (TPSA) is 63.2 Å². The van der Waals surface area contributed by atoms with E-state index in [0.717, 1.165) is 25.0 Å². The van der Waals surface area contributed by atoms with Crippen LogP contribution in [0, 0.1) is 11.7 Å². The van der Waals surface area contributed by atoms with Crippen molar-refractivity contribution in [1.29, 1.82) is 0 Å². The highest BCUT2D eigenvalue weighted by molar-refractivity contribution is 8.13. The molecule has 1 N–H and O–H groups in total. The van der Waals surface area contributed by atoms with Crippen LogP contribution in [0.15, 0.2) is 23.1 Å². The van der Waals surface area contributed by atoms with Crippen molar-refractivity contribution in [3.05, 3.63) is 24.0 Å². The van der Waals surface area contributed by atoms with Crippen molar-refractivity contribution < 1.29 is 17.6 Å². The van der Waals surface area contributed by atoms with Crippen LogP contribution in [-0.2, 0) is 13.8 Å². The lowest BCUT2D eigenvalue weighted by molar-refractivity contribution is -0.116.